The molecule has 1 aliphatic heterocycles. The number of nitrogens with one attached hydrogen (secondary N) is 3. The Balaban J connectivity index is 1.09. The highest BCUT2D eigenvalue weighted by Crippen LogP contribution is 2.43. The van der Waals surface area contributed by atoms with Crippen LogP contribution in [0, 0.1) is 12.3 Å². The Kier molecular flexibility index (Phi) is 11.8. The summed E-state index contributed by atoms with van der Waals surface area (Å²) in [5.41, 5.74) is 6.54. The van der Waals surface area contributed by atoms with Gasteiger partial charge in [-0.3, -0.25) is 9.69 Å². The van der Waals surface area contributed by atoms with Crippen molar-refractivity contribution in [2.75, 3.05) is 49.5 Å². The van der Waals surface area contributed by atoms with Crippen LogP contribution in [0.1, 0.15) is 61.0 Å². The van der Waals surface area contributed by atoms with Crippen LogP contribution in [0.15, 0.2) is 95.7 Å². The summed E-state index contributed by atoms with van der Waals surface area (Å²) in [6.45, 7) is 9.84. The van der Waals surface area contributed by atoms with Gasteiger partial charge in [-0.05, 0) is 103 Å². The second kappa shape index (κ2) is 16.7. The van der Waals surface area contributed by atoms with Gasteiger partial charge in [-0.15, -0.1) is 0 Å². The Morgan fingerprint density at radius 2 is 1.76 bits per heavy atom. The fraction of sp³-hybridized carbons (Fsp3) is 0.349. The average Bonchev–Trinajstić information content (AvgIpc) is 3.64. The van der Waals surface area contributed by atoms with Crippen molar-refractivity contribution in [1.82, 2.24) is 19.6 Å². The number of carbonyl (C=O) groups is 1. The minimum absolute atomic E-state index is 0.0100. The summed E-state index contributed by atoms with van der Waals surface area (Å²) >= 11 is 6.22. The number of halogens is 4. The molecule has 1 aliphatic carbocycles. The van der Waals surface area contributed by atoms with Gasteiger partial charge in [0.1, 0.15) is 17.1 Å². The van der Waals surface area contributed by atoms with Crippen LogP contribution in [-0.2, 0) is 10.0 Å². The minimum atomic E-state index is -4.39. The third-order valence-corrected chi connectivity index (χ3v) is 12.4. The van der Waals surface area contributed by atoms with Gasteiger partial charge in [0.15, 0.2) is 0 Å². The number of amides is 1. The van der Waals surface area contributed by atoms with Crippen LogP contribution >= 0.6 is 11.6 Å². The van der Waals surface area contributed by atoms with Gasteiger partial charge >= 0.3 is 6.18 Å². The summed E-state index contributed by atoms with van der Waals surface area (Å²) in [6, 6.07) is 20.8. The summed E-state index contributed by atoms with van der Waals surface area (Å²) in [5.74, 6) is -0.407. The summed E-state index contributed by atoms with van der Waals surface area (Å²) < 4.78 is 73.3. The molecule has 58 heavy (non-hydrogen) atoms. The second-order valence-corrected chi connectivity index (χ2v) is 17.9. The number of hydrogen-bond acceptors (Lipinski definition) is 8. The number of nitrogens with zero attached hydrogens (tertiary/aromatic N) is 3. The van der Waals surface area contributed by atoms with Crippen molar-refractivity contribution in [1.29, 1.82) is 0 Å². The van der Waals surface area contributed by atoms with E-state index < -0.39 is 28.5 Å². The van der Waals surface area contributed by atoms with Crippen molar-refractivity contribution < 1.29 is 31.1 Å². The number of pyridine rings is 1. The molecule has 0 atom stereocenters. The molecule has 1 fully saturated rings. The number of hydrogen-bond donors (Lipinski definition) is 3. The molecule has 3 N–H and O–H groups in total. The number of aromatic amines is 1. The Bertz CT molecular complexity index is 2440. The summed E-state index contributed by atoms with van der Waals surface area (Å²) in [4.78, 5) is 25.7. The lowest BCUT2D eigenvalue weighted by Gasteiger charge is -2.39. The first-order valence-corrected chi connectivity index (χ1v) is 21.1. The molecular weight excluding hydrogens is 789 g/mol. The van der Waals surface area contributed by atoms with E-state index in [1.165, 1.54) is 41.1 Å². The molecule has 1 amide bonds. The molecule has 0 radical (unpaired) electrons. The zero-order valence-electron chi connectivity index (χ0n) is 32.5. The number of anilines is 2. The molecule has 0 bridgehead atoms. The van der Waals surface area contributed by atoms with Crippen LogP contribution in [0.3, 0.4) is 0 Å². The van der Waals surface area contributed by atoms with Crippen molar-refractivity contribution in [3.05, 3.63) is 112 Å². The lowest BCUT2D eigenvalue weighted by atomic mass is 9.72. The van der Waals surface area contributed by atoms with Crippen LogP contribution in [0.5, 0.6) is 11.5 Å². The standard InChI is InChI=1S/C43H46ClF3N6O4S/c1-28-22-35(9-11-38(28)48-17-15-43(45,46)47)58(55,56)51-41(54)36-10-8-33(24-39(36)57-34-23-30-13-16-49-40(30)50-26-34)53-20-18-52(19-21-53)27-31-12-14-42(2,3)25-37(31)29-4-6-32(44)7-5-29/h4-11,13,16,22-24,26,48H,12,14-15,17-21,25,27H2,1-3H3,(H,49,50)(H,51,54). The van der Waals surface area contributed by atoms with E-state index in [-0.39, 0.29) is 28.2 Å². The molecule has 0 unspecified atom stereocenters. The van der Waals surface area contributed by atoms with E-state index in [2.05, 4.69) is 55.8 Å². The van der Waals surface area contributed by atoms with Crippen LogP contribution in [0.25, 0.3) is 16.6 Å². The Labute approximate surface area is 341 Å². The lowest BCUT2D eigenvalue weighted by molar-refractivity contribution is -0.131. The van der Waals surface area contributed by atoms with Gasteiger partial charge in [0.05, 0.1) is 23.1 Å². The maximum Gasteiger partial charge on any atom is 0.390 e. The topological polar surface area (TPSA) is 120 Å². The normalized spacial score (nSPS) is 16.4. The fourth-order valence-corrected chi connectivity index (χ4v) is 8.73. The maximum atomic E-state index is 13.8. The molecule has 2 aliphatic rings. The summed E-state index contributed by atoms with van der Waals surface area (Å²) in [6.07, 6.45) is 1.09. The molecule has 0 saturated carbocycles. The first-order valence-electron chi connectivity index (χ1n) is 19.2. The zero-order valence-corrected chi connectivity index (χ0v) is 34.1. The predicted molar refractivity (Wildman–Crippen MR) is 222 cm³/mol. The number of carbonyl (C=O) groups excluding carboxylic acids is 1. The van der Waals surface area contributed by atoms with Gasteiger partial charge in [-0.25, -0.2) is 18.1 Å². The van der Waals surface area contributed by atoms with Crippen molar-refractivity contribution in [2.45, 2.75) is 57.5 Å². The smallest absolute Gasteiger partial charge is 0.390 e. The van der Waals surface area contributed by atoms with Crippen molar-refractivity contribution in [2.24, 2.45) is 5.41 Å². The minimum Gasteiger partial charge on any atom is -0.455 e. The Morgan fingerprint density at radius 3 is 2.48 bits per heavy atom. The van der Waals surface area contributed by atoms with Crippen molar-refractivity contribution >= 4 is 55.5 Å². The van der Waals surface area contributed by atoms with Gasteiger partial charge in [-0.2, -0.15) is 13.2 Å². The van der Waals surface area contributed by atoms with Gasteiger partial charge < -0.3 is 19.9 Å². The third-order valence-electron chi connectivity index (χ3n) is 10.8. The molecule has 306 valence electrons. The Morgan fingerprint density at radius 1 is 1.00 bits per heavy atom. The number of fused-ring (bicyclic) bond motifs is 1. The quantitative estimate of drug-likeness (QED) is 0.114. The highest BCUT2D eigenvalue weighted by Gasteiger charge is 2.30. The highest BCUT2D eigenvalue weighted by molar-refractivity contribution is 7.90. The first-order chi connectivity index (χ1) is 27.5. The number of alkyl halides is 3. The summed E-state index contributed by atoms with van der Waals surface area (Å²) in [7, 11) is -4.39. The largest absolute Gasteiger partial charge is 0.455 e. The molecule has 3 aromatic carbocycles. The van der Waals surface area contributed by atoms with E-state index in [0.717, 1.165) is 68.1 Å². The molecular formula is C43H46ClF3N6O4S. The Hall–Kier alpha value is -5.05. The van der Waals surface area contributed by atoms with E-state index in [1.807, 2.05) is 18.2 Å². The van der Waals surface area contributed by atoms with E-state index in [0.29, 0.717) is 22.6 Å². The van der Waals surface area contributed by atoms with Crippen molar-refractivity contribution in [3.63, 3.8) is 0 Å². The molecule has 0 spiro atoms. The molecule has 10 nitrogen and oxygen atoms in total. The van der Waals surface area contributed by atoms with Gasteiger partial charge in [0, 0.05) is 73.3 Å². The molecule has 2 aromatic heterocycles. The lowest BCUT2D eigenvalue weighted by Crippen LogP contribution is -2.47. The van der Waals surface area contributed by atoms with E-state index in [9.17, 15) is 26.4 Å². The highest BCUT2D eigenvalue weighted by atomic mass is 35.5. The molecule has 1 saturated heterocycles. The second-order valence-electron chi connectivity index (χ2n) is 15.8. The number of allylic oxidation sites excluding steroid dienone is 1. The van der Waals surface area contributed by atoms with Crippen LogP contribution in [-0.4, -0.2) is 74.6 Å². The molecule has 5 aromatic rings. The van der Waals surface area contributed by atoms with Crippen molar-refractivity contribution in [3.8, 4) is 11.5 Å². The average molecular weight is 835 g/mol. The predicted octanol–water partition coefficient (Wildman–Crippen LogP) is 9.59. The van der Waals surface area contributed by atoms with Gasteiger partial charge in [-0.1, -0.05) is 43.2 Å². The van der Waals surface area contributed by atoms with Gasteiger partial charge in [0.25, 0.3) is 15.9 Å². The number of rotatable bonds is 12. The number of piperazine rings is 1. The maximum absolute atomic E-state index is 13.8. The van der Waals surface area contributed by atoms with Crippen LogP contribution in [0.2, 0.25) is 5.02 Å². The number of sulfonamides is 1. The van der Waals surface area contributed by atoms with E-state index >= 15 is 0 Å². The van der Waals surface area contributed by atoms with E-state index in [1.54, 1.807) is 37.4 Å². The van der Waals surface area contributed by atoms with E-state index in [4.69, 9.17) is 16.3 Å². The molecule has 3 heterocycles. The monoisotopic (exact) mass is 834 g/mol. The number of benzene rings is 3. The molecule has 7 rings (SSSR count). The summed E-state index contributed by atoms with van der Waals surface area (Å²) in [5, 5.41) is 4.20. The molecule has 15 heteroatoms. The number of aromatic nitrogens is 2. The van der Waals surface area contributed by atoms with Gasteiger partial charge in [0.2, 0.25) is 0 Å². The zero-order chi connectivity index (χ0) is 41.2. The number of aryl methyl sites for hydroxylation is 1. The fourth-order valence-electron chi connectivity index (χ4n) is 7.56. The number of H-pyrrole nitrogens is 1. The van der Waals surface area contributed by atoms with Crippen LogP contribution in [0.4, 0.5) is 24.5 Å². The number of ether oxygens (including phenoxy) is 1. The first kappa shape index (κ1) is 41.1. The third kappa shape index (κ3) is 9.96. The SMILES string of the molecule is Cc1cc(S(=O)(=O)NC(=O)c2ccc(N3CCN(CC4=C(c5ccc(Cl)cc5)CC(C)(C)CC4)CC3)cc2Oc2cnc3[nH]ccc3c2)ccc1NCCC(F)(F)F. The van der Waals surface area contributed by atoms with Crippen LogP contribution < -0.4 is 19.7 Å².